The summed E-state index contributed by atoms with van der Waals surface area (Å²) in [7, 11) is -10.6. The Morgan fingerprint density at radius 2 is 1.33 bits per heavy atom. The van der Waals surface area contributed by atoms with Gasteiger partial charge in [0.2, 0.25) is 5.91 Å². The molecule has 1 amide bonds. The SMILES string of the molecule is CC(=O)N[C@H]1[C@@H](O[C@H]2[C@H](O)[C@@H](OS(=O)(=O)O)[C@H](O[C@H]3[C@H](O)[C@@H](CO)O[C@@H]3CO)O[C@H]2C(=O)O)O[C@H](COS(=O)(=O)O)[C@@H](O)[C@@H]1O. The highest BCUT2D eigenvalue weighted by molar-refractivity contribution is 7.81. The van der Waals surface area contributed by atoms with Gasteiger partial charge in [0.05, 0.1) is 19.8 Å². The molecule has 14 atom stereocenters. The fourth-order valence-corrected chi connectivity index (χ4v) is 5.64. The molecule has 0 aromatic rings. The minimum absolute atomic E-state index is 0.780. The van der Waals surface area contributed by atoms with Gasteiger partial charge in [0.15, 0.2) is 24.8 Å². The number of amides is 1. The van der Waals surface area contributed by atoms with Crippen molar-refractivity contribution in [3.63, 3.8) is 0 Å². The van der Waals surface area contributed by atoms with Gasteiger partial charge in [0.1, 0.15) is 61.0 Å². The van der Waals surface area contributed by atoms with Crippen LogP contribution in [-0.4, -0.2) is 179 Å². The maximum absolute atomic E-state index is 12.2. The molecule has 0 unspecified atom stereocenters. The highest BCUT2D eigenvalue weighted by atomic mass is 32.3. The summed E-state index contributed by atoms with van der Waals surface area (Å²) in [5.41, 5.74) is 0. The molecule has 25 heteroatoms. The zero-order valence-electron chi connectivity index (χ0n) is 22.9. The summed E-state index contributed by atoms with van der Waals surface area (Å²) in [6.45, 7) is -1.83. The summed E-state index contributed by atoms with van der Waals surface area (Å²) in [6, 6.07) is -1.79. The van der Waals surface area contributed by atoms with E-state index >= 15 is 0 Å². The molecular weight excluding hydrogens is 670 g/mol. The van der Waals surface area contributed by atoms with E-state index in [9.17, 15) is 66.7 Å². The Balaban J connectivity index is 1.96. The van der Waals surface area contributed by atoms with E-state index in [1.165, 1.54) is 0 Å². The van der Waals surface area contributed by atoms with Crippen LogP contribution in [0.1, 0.15) is 6.92 Å². The number of nitrogens with one attached hydrogen (secondary N) is 1. The molecule has 0 bridgehead atoms. The first-order valence-corrected chi connectivity index (χ1v) is 15.5. The monoisotopic (exact) mass is 703 g/mol. The standard InChI is InChI=1S/C20H33NO22S2/c1-5(24)21-9-12(27)10(25)8(4-37-44(31,32)33)39-19(9)41-15-13(28)16(43-45(34,35)36)20(42-17(15)18(29)30)40-14-7(3-23)38-6(2-22)11(14)26/h6-17,19-20,22-23,25-28H,2-4H2,1H3,(H,21,24)(H,29,30)(H,31,32,33)(H,34,35,36)/t6-,7-,8-,9-,10-,11-,12-,13+,14-,15+,16-,17-,19-,20-/m1/s1. The van der Waals surface area contributed by atoms with Gasteiger partial charge in [-0.25, -0.2) is 13.2 Å². The lowest BCUT2D eigenvalue weighted by atomic mass is 9.95. The summed E-state index contributed by atoms with van der Waals surface area (Å²) >= 11 is 0. The van der Waals surface area contributed by atoms with Crippen LogP contribution in [0.5, 0.6) is 0 Å². The first kappa shape index (κ1) is 37.7. The molecule has 0 radical (unpaired) electrons. The van der Waals surface area contributed by atoms with Crippen molar-refractivity contribution >= 4 is 32.7 Å². The number of carboxylic acids is 1. The van der Waals surface area contributed by atoms with Crippen LogP contribution in [0.4, 0.5) is 0 Å². The minimum Gasteiger partial charge on any atom is -0.479 e. The molecule has 3 aliphatic rings. The second-order valence-corrected chi connectivity index (χ2v) is 12.1. The normalized spacial score (nSPS) is 41.1. The second kappa shape index (κ2) is 15.0. The summed E-state index contributed by atoms with van der Waals surface area (Å²) in [4.78, 5) is 24.0. The number of aliphatic hydroxyl groups excluding tert-OH is 6. The molecule has 262 valence electrons. The van der Waals surface area contributed by atoms with Crippen molar-refractivity contribution in [2.75, 3.05) is 19.8 Å². The molecule has 45 heavy (non-hydrogen) atoms. The summed E-state index contributed by atoms with van der Waals surface area (Å²) < 4.78 is 98.9. The quantitative estimate of drug-likeness (QED) is 0.0796. The molecule has 23 nitrogen and oxygen atoms in total. The van der Waals surface area contributed by atoms with Gasteiger partial charge in [-0.15, -0.1) is 0 Å². The predicted octanol–water partition coefficient (Wildman–Crippen LogP) is -7.00. The maximum Gasteiger partial charge on any atom is 0.397 e. The molecule has 3 fully saturated rings. The highest BCUT2D eigenvalue weighted by Crippen LogP contribution is 2.34. The third-order valence-electron chi connectivity index (χ3n) is 6.82. The molecule has 3 aliphatic heterocycles. The van der Waals surface area contributed by atoms with Crippen LogP contribution in [0, 0.1) is 0 Å². The fourth-order valence-electron chi connectivity index (χ4n) is 4.85. The van der Waals surface area contributed by atoms with Gasteiger partial charge in [-0.3, -0.25) is 13.9 Å². The lowest BCUT2D eigenvalue weighted by Gasteiger charge is -2.47. The first-order valence-electron chi connectivity index (χ1n) is 12.8. The van der Waals surface area contributed by atoms with Crippen molar-refractivity contribution in [2.24, 2.45) is 0 Å². The Morgan fingerprint density at radius 3 is 1.84 bits per heavy atom. The van der Waals surface area contributed by atoms with E-state index in [-0.39, 0.29) is 0 Å². The minimum atomic E-state index is -5.50. The van der Waals surface area contributed by atoms with Gasteiger partial charge < -0.3 is 64.7 Å². The highest BCUT2D eigenvalue weighted by Gasteiger charge is 2.57. The third-order valence-corrected chi connectivity index (χ3v) is 7.72. The largest absolute Gasteiger partial charge is 0.479 e. The fraction of sp³-hybridized carbons (Fsp3) is 0.900. The molecule has 0 aromatic heterocycles. The van der Waals surface area contributed by atoms with Gasteiger partial charge in [-0.05, 0) is 0 Å². The zero-order chi connectivity index (χ0) is 34.0. The van der Waals surface area contributed by atoms with Gasteiger partial charge in [-0.2, -0.15) is 16.8 Å². The molecular formula is C20H33NO22S2. The van der Waals surface area contributed by atoms with Crippen LogP contribution >= 0.6 is 0 Å². The predicted molar refractivity (Wildman–Crippen MR) is 133 cm³/mol. The summed E-state index contributed by atoms with van der Waals surface area (Å²) in [6.07, 6.45) is -26.0. The molecule has 0 spiro atoms. The van der Waals surface area contributed by atoms with E-state index in [0.29, 0.717) is 0 Å². The van der Waals surface area contributed by atoms with Crippen LogP contribution < -0.4 is 5.32 Å². The van der Waals surface area contributed by atoms with Crippen molar-refractivity contribution < 1.29 is 103 Å². The number of rotatable bonds is 13. The van der Waals surface area contributed by atoms with Gasteiger partial charge in [0, 0.05) is 6.92 Å². The number of aliphatic hydroxyl groups is 6. The van der Waals surface area contributed by atoms with E-state index in [2.05, 4.69) is 13.7 Å². The Labute approximate surface area is 254 Å². The van der Waals surface area contributed by atoms with E-state index in [4.69, 9.17) is 28.2 Å². The Morgan fingerprint density at radius 1 is 0.733 bits per heavy atom. The molecule has 3 rings (SSSR count). The number of ether oxygens (including phenoxy) is 5. The molecule has 0 aromatic carbocycles. The van der Waals surface area contributed by atoms with E-state index in [0.717, 1.165) is 6.92 Å². The van der Waals surface area contributed by atoms with E-state index in [1.54, 1.807) is 0 Å². The zero-order valence-corrected chi connectivity index (χ0v) is 24.5. The van der Waals surface area contributed by atoms with Gasteiger partial charge >= 0.3 is 26.8 Å². The second-order valence-electron chi connectivity index (χ2n) is 9.98. The van der Waals surface area contributed by atoms with Crippen LogP contribution in [0.3, 0.4) is 0 Å². The first-order chi connectivity index (χ1) is 20.8. The average molecular weight is 704 g/mol. The third kappa shape index (κ3) is 9.41. The Kier molecular flexibility index (Phi) is 12.6. The van der Waals surface area contributed by atoms with E-state index in [1.807, 2.05) is 0 Å². The maximum atomic E-state index is 12.2. The van der Waals surface area contributed by atoms with Crippen molar-refractivity contribution in [3.8, 4) is 0 Å². The molecule has 0 saturated carbocycles. The van der Waals surface area contributed by atoms with Crippen molar-refractivity contribution in [1.29, 1.82) is 0 Å². The molecule has 3 heterocycles. The molecule has 0 aliphatic carbocycles. The molecule has 3 saturated heterocycles. The number of carbonyl (C=O) groups excluding carboxylic acids is 1. The smallest absolute Gasteiger partial charge is 0.397 e. The van der Waals surface area contributed by atoms with Crippen LogP contribution in [-0.2, 0) is 62.4 Å². The summed E-state index contributed by atoms with van der Waals surface area (Å²) in [5.74, 6) is -2.80. The lowest BCUT2D eigenvalue weighted by Crippen LogP contribution is -2.68. The van der Waals surface area contributed by atoms with Gasteiger partial charge in [0.25, 0.3) is 0 Å². The molecule has 10 N–H and O–H groups in total. The number of aliphatic carboxylic acids is 1. The average Bonchev–Trinajstić information content (AvgIpc) is 3.23. The lowest BCUT2D eigenvalue weighted by molar-refractivity contribution is -0.345. The summed E-state index contributed by atoms with van der Waals surface area (Å²) in [5, 5.41) is 73.5. The Bertz CT molecular complexity index is 1250. The Hall–Kier alpha value is -1.76. The van der Waals surface area contributed by atoms with Crippen LogP contribution in [0.2, 0.25) is 0 Å². The topological polar surface area (TPSA) is 361 Å². The van der Waals surface area contributed by atoms with Crippen LogP contribution in [0.25, 0.3) is 0 Å². The number of carbonyl (C=O) groups is 2. The van der Waals surface area contributed by atoms with Crippen molar-refractivity contribution in [2.45, 2.75) is 92.7 Å². The number of hydrogen-bond acceptors (Lipinski definition) is 19. The van der Waals surface area contributed by atoms with Crippen LogP contribution in [0.15, 0.2) is 0 Å². The van der Waals surface area contributed by atoms with Crippen molar-refractivity contribution in [3.05, 3.63) is 0 Å². The van der Waals surface area contributed by atoms with Crippen molar-refractivity contribution in [1.82, 2.24) is 5.32 Å². The number of hydrogen-bond donors (Lipinski definition) is 10. The van der Waals surface area contributed by atoms with E-state index < -0.39 is 138 Å². The number of carboxylic acid groups (broad SMARTS) is 1. The van der Waals surface area contributed by atoms with Gasteiger partial charge in [-0.1, -0.05) is 0 Å².